The maximum atomic E-state index is 12.9. The van der Waals surface area contributed by atoms with Crippen molar-refractivity contribution >= 4 is 23.3 Å². The largest absolute Gasteiger partial charge is 0.350 e. The Morgan fingerprint density at radius 2 is 2.17 bits per heavy atom. The van der Waals surface area contributed by atoms with Crippen molar-refractivity contribution in [3.63, 3.8) is 0 Å². The molecule has 6 heteroatoms. The summed E-state index contributed by atoms with van der Waals surface area (Å²) in [6.45, 7) is 7.52. The van der Waals surface area contributed by atoms with Crippen LogP contribution in [0.15, 0.2) is 6.20 Å². The van der Waals surface area contributed by atoms with Crippen LogP contribution >= 0.6 is 11.6 Å². The van der Waals surface area contributed by atoms with E-state index in [0.717, 1.165) is 6.20 Å². The summed E-state index contributed by atoms with van der Waals surface area (Å²) in [7, 11) is 0. The van der Waals surface area contributed by atoms with Crippen LogP contribution in [0.2, 0.25) is 5.15 Å². The number of nitrogens with zero attached hydrogens (tertiary/aromatic N) is 2. The molecular formula is C12H17ClFN3O. The number of aromatic nitrogens is 2. The highest BCUT2D eigenvalue weighted by atomic mass is 35.5. The zero-order chi connectivity index (χ0) is 13.9. The van der Waals surface area contributed by atoms with Gasteiger partial charge in [-0.05, 0) is 12.3 Å². The van der Waals surface area contributed by atoms with E-state index in [0.29, 0.717) is 6.42 Å². The highest BCUT2D eigenvalue weighted by Gasteiger charge is 2.26. The van der Waals surface area contributed by atoms with Crippen LogP contribution < -0.4 is 5.32 Å². The topological polar surface area (TPSA) is 54.9 Å². The van der Waals surface area contributed by atoms with Crippen LogP contribution in [0.4, 0.5) is 10.3 Å². The number of anilines is 1. The normalized spacial score (nSPS) is 13.2. The van der Waals surface area contributed by atoms with Crippen molar-refractivity contribution in [3.8, 4) is 0 Å². The number of hydrogen-bond acceptors (Lipinski definition) is 4. The van der Waals surface area contributed by atoms with Crippen molar-refractivity contribution in [1.82, 2.24) is 9.97 Å². The van der Waals surface area contributed by atoms with Gasteiger partial charge in [0.15, 0.2) is 11.0 Å². The van der Waals surface area contributed by atoms with Crippen molar-refractivity contribution in [2.24, 2.45) is 5.41 Å². The second-order valence-corrected chi connectivity index (χ2v) is 5.66. The standard InChI is InChI=1S/C12H17ClFN3O/c1-7(18)5-9(12(2,3)4)16-11-15-6-8(14)10(13)17-11/h6,9H,5H2,1-4H3,(H,15,16,17)/t9-/m1/s1. The van der Waals surface area contributed by atoms with Crippen molar-refractivity contribution in [3.05, 3.63) is 17.2 Å². The summed E-state index contributed by atoms with van der Waals surface area (Å²) in [5.74, 6) is -0.376. The SMILES string of the molecule is CC(=O)C[C@@H](Nc1ncc(F)c(Cl)n1)C(C)(C)C. The lowest BCUT2D eigenvalue weighted by Gasteiger charge is -2.30. The lowest BCUT2D eigenvalue weighted by molar-refractivity contribution is -0.117. The number of halogens is 2. The molecule has 0 saturated heterocycles. The summed E-state index contributed by atoms with van der Waals surface area (Å²) in [6.07, 6.45) is 1.35. The second-order valence-electron chi connectivity index (χ2n) is 5.30. The fourth-order valence-corrected chi connectivity index (χ4v) is 1.56. The molecule has 0 aromatic carbocycles. The van der Waals surface area contributed by atoms with E-state index in [1.807, 2.05) is 20.8 Å². The molecule has 1 aromatic rings. The molecule has 1 rings (SSSR count). The fourth-order valence-electron chi connectivity index (χ4n) is 1.43. The predicted octanol–water partition coefficient (Wildman–Crippen LogP) is 3.07. The fraction of sp³-hybridized carbons (Fsp3) is 0.583. The van der Waals surface area contributed by atoms with Crippen LogP contribution in [0.1, 0.15) is 34.1 Å². The quantitative estimate of drug-likeness (QED) is 0.857. The molecule has 0 fully saturated rings. The van der Waals surface area contributed by atoms with E-state index in [1.54, 1.807) is 0 Å². The van der Waals surface area contributed by atoms with Crippen molar-refractivity contribution in [1.29, 1.82) is 0 Å². The Morgan fingerprint density at radius 1 is 1.56 bits per heavy atom. The number of carbonyl (C=O) groups is 1. The highest BCUT2D eigenvalue weighted by Crippen LogP contribution is 2.25. The molecule has 0 radical (unpaired) electrons. The maximum Gasteiger partial charge on any atom is 0.224 e. The van der Waals surface area contributed by atoms with Gasteiger partial charge in [0.25, 0.3) is 0 Å². The van der Waals surface area contributed by atoms with Gasteiger partial charge >= 0.3 is 0 Å². The van der Waals surface area contributed by atoms with Gasteiger partial charge in [0, 0.05) is 12.5 Å². The van der Waals surface area contributed by atoms with E-state index in [1.165, 1.54) is 6.92 Å². The first kappa shape index (κ1) is 14.8. The van der Waals surface area contributed by atoms with Crippen LogP contribution in [-0.4, -0.2) is 21.8 Å². The first-order valence-corrected chi connectivity index (χ1v) is 6.02. The third-order valence-corrected chi connectivity index (χ3v) is 2.81. The van der Waals surface area contributed by atoms with Gasteiger partial charge in [0.1, 0.15) is 5.78 Å². The predicted molar refractivity (Wildman–Crippen MR) is 69.2 cm³/mol. The molecule has 0 aliphatic rings. The zero-order valence-electron chi connectivity index (χ0n) is 10.9. The minimum absolute atomic E-state index is 0.0654. The number of nitrogens with one attached hydrogen (secondary N) is 1. The minimum Gasteiger partial charge on any atom is -0.350 e. The molecule has 0 aliphatic carbocycles. The molecule has 100 valence electrons. The Labute approximate surface area is 111 Å². The van der Waals surface area contributed by atoms with E-state index in [2.05, 4.69) is 15.3 Å². The zero-order valence-corrected chi connectivity index (χ0v) is 11.7. The lowest BCUT2D eigenvalue weighted by atomic mass is 9.84. The Bertz CT molecular complexity index is 445. The Kier molecular flexibility index (Phi) is 4.62. The van der Waals surface area contributed by atoms with Gasteiger partial charge in [-0.2, -0.15) is 4.98 Å². The summed E-state index contributed by atoms with van der Waals surface area (Å²) >= 11 is 5.58. The molecule has 0 spiro atoms. The molecule has 4 nitrogen and oxygen atoms in total. The molecule has 0 unspecified atom stereocenters. The average Bonchev–Trinajstić information content (AvgIpc) is 2.20. The van der Waals surface area contributed by atoms with Crippen LogP contribution in [0, 0.1) is 11.2 Å². The van der Waals surface area contributed by atoms with Gasteiger partial charge in [-0.25, -0.2) is 9.37 Å². The molecule has 0 bridgehead atoms. The number of rotatable bonds is 4. The van der Waals surface area contributed by atoms with Crippen molar-refractivity contribution in [2.75, 3.05) is 5.32 Å². The van der Waals surface area contributed by atoms with E-state index in [4.69, 9.17) is 11.6 Å². The highest BCUT2D eigenvalue weighted by molar-refractivity contribution is 6.29. The van der Waals surface area contributed by atoms with Gasteiger partial charge in [0.2, 0.25) is 5.95 Å². The molecule has 1 aromatic heterocycles. The minimum atomic E-state index is -0.666. The first-order valence-electron chi connectivity index (χ1n) is 5.64. The molecule has 0 saturated carbocycles. The Morgan fingerprint density at radius 3 is 2.61 bits per heavy atom. The molecule has 0 amide bonds. The molecule has 0 aliphatic heterocycles. The second kappa shape index (κ2) is 5.61. The third-order valence-electron chi connectivity index (χ3n) is 2.54. The smallest absolute Gasteiger partial charge is 0.224 e. The summed E-state index contributed by atoms with van der Waals surface area (Å²) < 4.78 is 12.9. The van der Waals surface area contributed by atoms with E-state index in [-0.39, 0.29) is 28.3 Å². The molecule has 1 atom stereocenters. The summed E-state index contributed by atoms with van der Waals surface area (Å²) in [5, 5.41) is 2.79. The number of ketones is 1. The monoisotopic (exact) mass is 273 g/mol. The van der Waals surface area contributed by atoms with Gasteiger partial charge in [-0.3, -0.25) is 4.79 Å². The van der Waals surface area contributed by atoms with Crippen LogP contribution in [0.5, 0.6) is 0 Å². The Balaban J connectivity index is 2.89. The van der Waals surface area contributed by atoms with Crippen molar-refractivity contribution < 1.29 is 9.18 Å². The molecule has 18 heavy (non-hydrogen) atoms. The van der Waals surface area contributed by atoms with E-state index in [9.17, 15) is 9.18 Å². The van der Waals surface area contributed by atoms with Gasteiger partial charge in [-0.1, -0.05) is 32.4 Å². The maximum absolute atomic E-state index is 12.9. The van der Waals surface area contributed by atoms with Crippen molar-refractivity contribution in [2.45, 2.75) is 40.2 Å². The van der Waals surface area contributed by atoms with Gasteiger partial charge < -0.3 is 5.32 Å². The van der Waals surface area contributed by atoms with Crippen LogP contribution in [0.25, 0.3) is 0 Å². The van der Waals surface area contributed by atoms with Gasteiger partial charge in [0.05, 0.1) is 6.20 Å². The Hall–Kier alpha value is -1.23. The van der Waals surface area contributed by atoms with Crippen LogP contribution in [0.3, 0.4) is 0 Å². The first-order chi connectivity index (χ1) is 8.20. The molecule has 1 heterocycles. The average molecular weight is 274 g/mol. The summed E-state index contributed by atoms with van der Waals surface area (Å²) in [4.78, 5) is 18.8. The number of hydrogen-bond donors (Lipinski definition) is 1. The number of Topliss-reactive ketones (excluding diaryl/α,β-unsaturated/α-hetero) is 1. The van der Waals surface area contributed by atoms with Gasteiger partial charge in [-0.15, -0.1) is 0 Å². The molecule has 1 N–H and O–H groups in total. The van der Waals surface area contributed by atoms with E-state index < -0.39 is 5.82 Å². The van der Waals surface area contributed by atoms with E-state index >= 15 is 0 Å². The number of carbonyl (C=O) groups excluding carboxylic acids is 1. The summed E-state index contributed by atoms with van der Waals surface area (Å²) in [6, 6.07) is -0.142. The summed E-state index contributed by atoms with van der Waals surface area (Å²) in [5.41, 5.74) is -0.157. The lowest BCUT2D eigenvalue weighted by Crippen LogP contribution is -2.36. The van der Waals surface area contributed by atoms with Crippen LogP contribution in [-0.2, 0) is 4.79 Å². The third kappa shape index (κ3) is 4.22. The molecular weight excluding hydrogens is 257 g/mol.